The van der Waals surface area contributed by atoms with Gasteiger partial charge in [0.15, 0.2) is 11.5 Å². The van der Waals surface area contributed by atoms with Crippen molar-refractivity contribution in [3.05, 3.63) is 88.9 Å². The van der Waals surface area contributed by atoms with E-state index in [0.717, 1.165) is 11.1 Å². The highest BCUT2D eigenvalue weighted by Gasteiger charge is 2.09. The highest BCUT2D eigenvalue weighted by molar-refractivity contribution is 6.33. The van der Waals surface area contributed by atoms with Crippen LogP contribution in [0.25, 0.3) is 0 Å². The predicted molar refractivity (Wildman–Crippen MR) is 129 cm³/mol. The number of hydrogen-bond acceptors (Lipinski definition) is 5. The van der Waals surface area contributed by atoms with Gasteiger partial charge in [-0.3, -0.25) is 9.59 Å². The molecule has 0 bridgehead atoms. The molecule has 0 aliphatic carbocycles. The van der Waals surface area contributed by atoms with Crippen LogP contribution in [0.4, 0.5) is 5.69 Å². The fourth-order valence-corrected chi connectivity index (χ4v) is 3.04. The number of rotatable bonds is 10. The summed E-state index contributed by atoms with van der Waals surface area (Å²) in [6.45, 7) is 0.421. The minimum Gasteiger partial charge on any atom is -0.493 e. The van der Waals surface area contributed by atoms with Gasteiger partial charge in [0.2, 0.25) is 11.8 Å². The van der Waals surface area contributed by atoms with Gasteiger partial charge in [-0.1, -0.05) is 54.1 Å². The van der Waals surface area contributed by atoms with Crippen LogP contribution in [0.3, 0.4) is 0 Å². The van der Waals surface area contributed by atoms with Gasteiger partial charge in [-0.2, -0.15) is 5.10 Å². The summed E-state index contributed by atoms with van der Waals surface area (Å²) < 4.78 is 11.2. The molecule has 2 N–H and O–H groups in total. The van der Waals surface area contributed by atoms with Crippen molar-refractivity contribution in [3.8, 4) is 11.5 Å². The maximum absolute atomic E-state index is 12.0. The van der Waals surface area contributed by atoms with Crippen LogP contribution in [-0.2, 0) is 16.2 Å². The maximum atomic E-state index is 12.0. The Morgan fingerprint density at radius 1 is 0.939 bits per heavy atom. The molecule has 0 fully saturated rings. The lowest BCUT2D eigenvalue weighted by atomic mass is 10.2. The highest BCUT2D eigenvalue weighted by Crippen LogP contribution is 2.28. The molecular formula is C25H24ClN3O4. The number of methoxy groups -OCH3 is 1. The van der Waals surface area contributed by atoms with E-state index in [9.17, 15) is 9.59 Å². The van der Waals surface area contributed by atoms with Crippen molar-refractivity contribution >= 4 is 35.3 Å². The Labute approximate surface area is 197 Å². The van der Waals surface area contributed by atoms with E-state index in [0.29, 0.717) is 28.8 Å². The SMILES string of the molecule is COc1cc(C=NNC(=O)CCC(=O)Nc2ccccc2Cl)ccc1OCc1ccccc1. The van der Waals surface area contributed by atoms with E-state index < -0.39 is 0 Å². The molecule has 170 valence electrons. The number of carbonyl (C=O) groups excluding carboxylic acids is 2. The quantitative estimate of drug-likeness (QED) is 0.332. The highest BCUT2D eigenvalue weighted by atomic mass is 35.5. The van der Waals surface area contributed by atoms with Crippen LogP contribution in [0, 0.1) is 0 Å². The first kappa shape index (κ1) is 23.8. The van der Waals surface area contributed by atoms with Gasteiger partial charge in [-0.05, 0) is 41.5 Å². The Bertz CT molecular complexity index is 1120. The lowest BCUT2D eigenvalue weighted by Crippen LogP contribution is -2.20. The molecule has 0 radical (unpaired) electrons. The van der Waals surface area contributed by atoms with E-state index in [1.54, 1.807) is 49.6 Å². The number of hydrazone groups is 1. The number of para-hydroxylation sites is 1. The third kappa shape index (κ3) is 7.66. The summed E-state index contributed by atoms with van der Waals surface area (Å²) in [6.07, 6.45) is 1.49. The van der Waals surface area contributed by atoms with Gasteiger partial charge in [0.25, 0.3) is 0 Å². The fraction of sp³-hybridized carbons (Fsp3) is 0.160. The third-order valence-electron chi connectivity index (χ3n) is 4.55. The van der Waals surface area contributed by atoms with Gasteiger partial charge < -0.3 is 14.8 Å². The number of hydrogen-bond donors (Lipinski definition) is 2. The first-order valence-electron chi connectivity index (χ1n) is 10.3. The Morgan fingerprint density at radius 2 is 1.67 bits per heavy atom. The summed E-state index contributed by atoms with van der Waals surface area (Å²) in [6, 6.07) is 22.1. The molecule has 7 nitrogen and oxygen atoms in total. The van der Waals surface area contributed by atoms with Gasteiger partial charge in [-0.15, -0.1) is 0 Å². The zero-order valence-electron chi connectivity index (χ0n) is 18.1. The molecule has 0 unspecified atom stereocenters. The zero-order valence-corrected chi connectivity index (χ0v) is 18.8. The number of ether oxygens (including phenoxy) is 2. The lowest BCUT2D eigenvalue weighted by Gasteiger charge is -2.11. The van der Waals surface area contributed by atoms with E-state index in [-0.39, 0.29) is 24.7 Å². The van der Waals surface area contributed by atoms with E-state index in [1.165, 1.54) is 6.21 Å². The smallest absolute Gasteiger partial charge is 0.240 e. The average Bonchev–Trinajstić information content (AvgIpc) is 2.84. The van der Waals surface area contributed by atoms with Crippen LogP contribution in [0.5, 0.6) is 11.5 Å². The molecule has 0 aromatic heterocycles. The van der Waals surface area contributed by atoms with Gasteiger partial charge in [0, 0.05) is 12.8 Å². The van der Waals surface area contributed by atoms with Crippen molar-refractivity contribution in [2.24, 2.45) is 5.10 Å². The van der Waals surface area contributed by atoms with Crippen LogP contribution >= 0.6 is 11.6 Å². The number of halogens is 1. The standard InChI is InChI=1S/C25H24ClN3O4/c1-32-23-15-19(11-12-22(23)33-17-18-7-3-2-4-8-18)16-27-29-25(31)14-13-24(30)28-21-10-6-5-9-20(21)26/h2-12,15-16H,13-14,17H2,1H3,(H,28,30)(H,29,31). The molecule has 0 atom stereocenters. The number of carbonyl (C=O) groups is 2. The van der Waals surface area contributed by atoms with E-state index in [2.05, 4.69) is 15.8 Å². The monoisotopic (exact) mass is 465 g/mol. The number of nitrogens with one attached hydrogen (secondary N) is 2. The minimum absolute atomic E-state index is 0.00779. The Morgan fingerprint density at radius 3 is 2.42 bits per heavy atom. The summed E-state index contributed by atoms with van der Waals surface area (Å²) in [5.41, 5.74) is 4.69. The second-order valence-corrected chi connectivity index (χ2v) is 7.41. The molecule has 0 spiro atoms. The molecule has 3 rings (SSSR count). The molecular weight excluding hydrogens is 442 g/mol. The average molecular weight is 466 g/mol. The van der Waals surface area contributed by atoms with Crippen LogP contribution < -0.4 is 20.2 Å². The van der Waals surface area contributed by atoms with Gasteiger partial charge in [0.1, 0.15) is 6.61 Å². The number of benzene rings is 3. The maximum Gasteiger partial charge on any atom is 0.240 e. The summed E-state index contributed by atoms with van der Waals surface area (Å²) in [7, 11) is 1.56. The molecule has 0 saturated carbocycles. The van der Waals surface area contributed by atoms with E-state index >= 15 is 0 Å². The second kappa shape index (κ2) is 12.3. The van der Waals surface area contributed by atoms with Gasteiger partial charge >= 0.3 is 0 Å². The number of nitrogens with zero attached hydrogens (tertiary/aromatic N) is 1. The zero-order chi connectivity index (χ0) is 23.5. The van der Waals surface area contributed by atoms with E-state index in [1.807, 2.05) is 30.3 Å². The minimum atomic E-state index is -0.379. The first-order chi connectivity index (χ1) is 16.0. The number of anilines is 1. The molecule has 3 aromatic rings. The Balaban J connectivity index is 1.46. The first-order valence-corrected chi connectivity index (χ1v) is 10.6. The van der Waals surface area contributed by atoms with Gasteiger partial charge in [0.05, 0.1) is 24.0 Å². The summed E-state index contributed by atoms with van der Waals surface area (Å²) in [5.74, 6) is 0.470. The van der Waals surface area contributed by atoms with Crippen LogP contribution in [-0.4, -0.2) is 25.1 Å². The van der Waals surface area contributed by atoms with Crippen LogP contribution in [0.15, 0.2) is 77.9 Å². The van der Waals surface area contributed by atoms with E-state index in [4.69, 9.17) is 21.1 Å². The third-order valence-corrected chi connectivity index (χ3v) is 4.88. The molecule has 8 heteroatoms. The van der Waals surface area contributed by atoms with Crippen molar-refractivity contribution in [1.29, 1.82) is 0 Å². The van der Waals surface area contributed by atoms with Crippen molar-refractivity contribution in [1.82, 2.24) is 5.43 Å². The van der Waals surface area contributed by atoms with Crippen LogP contribution in [0.2, 0.25) is 5.02 Å². The second-order valence-electron chi connectivity index (χ2n) is 7.01. The lowest BCUT2D eigenvalue weighted by molar-refractivity contribution is -0.124. The van der Waals surface area contributed by atoms with Crippen molar-refractivity contribution < 1.29 is 19.1 Å². The fourth-order valence-electron chi connectivity index (χ4n) is 2.86. The molecule has 33 heavy (non-hydrogen) atoms. The molecule has 3 aromatic carbocycles. The molecule has 0 saturated heterocycles. The Hall–Kier alpha value is -3.84. The largest absolute Gasteiger partial charge is 0.493 e. The Kier molecular flexibility index (Phi) is 8.85. The molecule has 2 amide bonds. The van der Waals surface area contributed by atoms with Crippen molar-refractivity contribution in [2.45, 2.75) is 19.4 Å². The molecule has 0 aliphatic heterocycles. The molecule has 0 heterocycles. The topological polar surface area (TPSA) is 89.0 Å². The van der Waals surface area contributed by atoms with Crippen LogP contribution in [0.1, 0.15) is 24.0 Å². The van der Waals surface area contributed by atoms with Crippen molar-refractivity contribution in [3.63, 3.8) is 0 Å². The summed E-state index contributed by atoms with van der Waals surface area (Å²) in [5, 5.41) is 7.05. The number of amides is 2. The van der Waals surface area contributed by atoms with Gasteiger partial charge in [-0.25, -0.2) is 5.43 Å². The predicted octanol–water partition coefficient (Wildman–Crippen LogP) is 4.80. The summed E-state index contributed by atoms with van der Waals surface area (Å²) in [4.78, 5) is 24.0. The normalized spacial score (nSPS) is 10.6. The van der Waals surface area contributed by atoms with Crippen molar-refractivity contribution in [2.75, 3.05) is 12.4 Å². The summed E-state index contributed by atoms with van der Waals surface area (Å²) >= 11 is 6.00. The molecule has 0 aliphatic rings.